The van der Waals surface area contributed by atoms with Crippen LogP contribution in [0.25, 0.3) is 11.3 Å². The Morgan fingerprint density at radius 3 is 2.80 bits per heavy atom. The maximum Gasteiger partial charge on any atom is 0.226 e. The largest absolute Gasteiger partial charge is 0.390 e. The van der Waals surface area contributed by atoms with Gasteiger partial charge in [0.1, 0.15) is 11.9 Å². The molecule has 3 unspecified atom stereocenters. The van der Waals surface area contributed by atoms with E-state index in [0.717, 1.165) is 24.1 Å². The number of benzene rings is 1. The molecule has 0 aliphatic carbocycles. The van der Waals surface area contributed by atoms with E-state index < -0.39 is 12.1 Å². The first kappa shape index (κ1) is 17.7. The summed E-state index contributed by atoms with van der Waals surface area (Å²) in [7, 11) is 0. The summed E-state index contributed by atoms with van der Waals surface area (Å²) in [6.07, 6.45) is 3.51. The van der Waals surface area contributed by atoms with Gasteiger partial charge in [0.2, 0.25) is 5.91 Å². The summed E-state index contributed by atoms with van der Waals surface area (Å²) in [5, 5.41) is 10.6. The SMILES string of the molecule is CCC(C)C(=O)N1CCCC(O)C1c1ncc(-c2ccc(C)cc2)[nH]1. The molecule has 0 radical (unpaired) electrons. The van der Waals surface area contributed by atoms with Crippen molar-refractivity contribution >= 4 is 5.91 Å². The highest BCUT2D eigenvalue weighted by Crippen LogP contribution is 2.32. The van der Waals surface area contributed by atoms with Crippen LogP contribution in [0.15, 0.2) is 30.5 Å². The number of hydrogen-bond donors (Lipinski definition) is 2. The third kappa shape index (κ3) is 3.61. The lowest BCUT2D eigenvalue weighted by Gasteiger charge is -2.39. The fraction of sp³-hybridized carbons (Fsp3) is 0.500. The highest BCUT2D eigenvalue weighted by molar-refractivity contribution is 5.79. The molecule has 0 saturated carbocycles. The number of nitrogens with one attached hydrogen (secondary N) is 1. The number of carbonyl (C=O) groups excluding carboxylic acids is 1. The van der Waals surface area contributed by atoms with Gasteiger partial charge in [-0.3, -0.25) is 4.79 Å². The van der Waals surface area contributed by atoms with Crippen LogP contribution in [0.1, 0.15) is 50.5 Å². The molecule has 2 aromatic rings. The molecule has 25 heavy (non-hydrogen) atoms. The molecule has 2 N–H and O–H groups in total. The van der Waals surface area contributed by atoms with Crippen LogP contribution >= 0.6 is 0 Å². The molecule has 3 atom stereocenters. The van der Waals surface area contributed by atoms with Crippen molar-refractivity contribution in [3.05, 3.63) is 41.9 Å². The lowest BCUT2D eigenvalue weighted by molar-refractivity contribution is -0.143. The summed E-state index contributed by atoms with van der Waals surface area (Å²) < 4.78 is 0. The average Bonchev–Trinajstić information content (AvgIpc) is 3.10. The highest BCUT2D eigenvalue weighted by Gasteiger charge is 2.37. The number of amides is 1. The van der Waals surface area contributed by atoms with Crippen LogP contribution in [0, 0.1) is 12.8 Å². The molecule has 3 rings (SSSR count). The molecule has 5 nitrogen and oxygen atoms in total. The Morgan fingerprint density at radius 2 is 2.12 bits per heavy atom. The Hall–Kier alpha value is -2.14. The van der Waals surface area contributed by atoms with Crippen molar-refractivity contribution < 1.29 is 9.90 Å². The van der Waals surface area contributed by atoms with Crippen LogP contribution in [0.5, 0.6) is 0 Å². The monoisotopic (exact) mass is 341 g/mol. The standard InChI is InChI=1S/C20H27N3O2/c1-4-14(3)20(25)23-11-5-6-17(24)18(23)19-21-12-16(22-19)15-9-7-13(2)8-10-15/h7-10,12,14,17-18,24H,4-6,11H2,1-3H3,(H,21,22). The summed E-state index contributed by atoms with van der Waals surface area (Å²) in [6.45, 7) is 6.69. The Bertz CT molecular complexity index is 723. The van der Waals surface area contributed by atoms with Gasteiger partial charge in [-0.25, -0.2) is 4.98 Å². The molecule has 1 amide bonds. The summed E-state index contributed by atoms with van der Waals surface area (Å²) in [6, 6.07) is 7.82. The Kier molecular flexibility index (Phi) is 5.23. The number of aliphatic hydroxyl groups is 1. The van der Waals surface area contributed by atoms with Crippen LogP contribution < -0.4 is 0 Å². The van der Waals surface area contributed by atoms with Crippen molar-refractivity contribution in [1.29, 1.82) is 0 Å². The number of H-pyrrole nitrogens is 1. The van der Waals surface area contributed by atoms with Gasteiger partial charge in [0.15, 0.2) is 0 Å². The minimum absolute atomic E-state index is 0.0423. The van der Waals surface area contributed by atoms with Gasteiger partial charge in [-0.1, -0.05) is 43.7 Å². The zero-order valence-electron chi connectivity index (χ0n) is 15.2. The van der Waals surface area contributed by atoms with E-state index in [1.165, 1.54) is 5.56 Å². The van der Waals surface area contributed by atoms with E-state index in [1.807, 2.05) is 26.0 Å². The number of rotatable bonds is 4. The molecule has 1 aromatic carbocycles. The minimum atomic E-state index is -0.584. The van der Waals surface area contributed by atoms with Crippen LogP contribution in [0.4, 0.5) is 0 Å². The summed E-state index contributed by atoms with van der Waals surface area (Å²) in [4.78, 5) is 22.4. The Labute approximate surface area is 149 Å². The molecule has 1 aliphatic rings. The second-order valence-electron chi connectivity index (χ2n) is 7.04. The lowest BCUT2D eigenvalue weighted by atomic mass is 9.95. The van der Waals surface area contributed by atoms with Crippen LogP contribution in [0.2, 0.25) is 0 Å². The fourth-order valence-corrected chi connectivity index (χ4v) is 3.38. The first-order valence-corrected chi connectivity index (χ1v) is 9.11. The maximum absolute atomic E-state index is 12.7. The van der Waals surface area contributed by atoms with E-state index in [-0.39, 0.29) is 11.8 Å². The minimum Gasteiger partial charge on any atom is -0.390 e. The maximum atomic E-state index is 12.7. The third-order valence-corrected chi connectivity index (χ3v) is 5.15. The number of piperidine rings is 1. The first-order valence-electron chi connectivity index (χ1n) is 9.11. The Morgan fingerprint density at radius 1 is 1.40 bits per heavy atom. The predicted molar refractivity (Wildman–Crippen MR) is 97.9 cm³/mol. The van der Waals surface area contributed by atoms with Gasteiger partial charge >= 0.3 is 0 Å². The number of aromatic amines is 1. The van der Waals surface area contributed by atoms with E-state index >= 15 is 0 Å². The molecule has 5 heteroatoms. The molecule has 134 valence electrons. The molecular formula is C20H27N3O2. The van der Waals surface area contributed by atoms with Crippen LogP contribution in [0.3, 0.4) is 0 Å². The number of nitrogens with zero attached hydrogens (tertiary/aromatic N) is 2. The van der Waals surface area contributed by atoms with Crippen molar-refractivity contribution in [1.82, 2.24) is 14.9 Å². The van der Waals surface area contributed by atoms with Gasteiger partial charge in [-0.05, 0) is 31.7 Å². The van der Waals surface area contributed by atoms with Gasteiger partial charge < -0.3 is 15.0 Å². The van der Waals surface area contributed by atoms with Crippen molar-refractivity contribution in [2.24, 2.45) is 5.92 Å². The number of hydrogen-bond acceptors (Lipinski definition) is 3. The molecule has 0 spiro atoms. The van der Waals surface area contributed by atoms with Gasteiger partial charge in [-0.15, -0.1) is 0 Å². The molecule has 1 saturated heterocycles. The van der Waals surface area contributed by atoms with E-state index in [9.17, 15) is 9.90 Å². The van der Waals surface area contributed by atoms with Gasteiger partial charge in [0.25, 0.3) is 0 Å². The average molecular weight is 341 g/mol. The van der Waals surface area contributed by atoms with Crippen molar-refractivity contribution in [3.8, 4) is 11.3 Å². The number of aryl methyl sites for hydroxylation is 1. The molecule has 2 heterocycles. The Balaban J connectivity index is 1.89. The number of carbonyl (C=O) groups is 1. The molecular weight excluding hydrogens is 314 g/mol. The van der Waals surface area contributed by atoms with Crippen LogP contribution in [-0.4, -0.2) is 38.5 Å². The first-order chi connectivity index (χ1) is 12.0. The quantitative estimate of drug-likeness (QED) is 0.895. The molecule has 1 aromatic heterocycles. The topological polar surface area (TPSA) is 69.2 Å². The van der Waals surface area contributed by atoms with E-state index in [0.29, 0.717) is 18.8 Å². The molecule has 1 fully saturated rings. The summed E-state index contributed by atoms with van der Waals surface area (Å²) in [5.74, 6) is 0.721. The van der Waals surface area contributed by atoms with Crippen molar-refractivity contribution in [2.45, 2.75) is 52.2 Å². The summed E-state index contributed by atoms with van der Waals surface area (Å²) in [5.41, 5.74) is 3.16. The van der Waals surface area contributed by atoms with Crippen molar-refractivity contribution in [3.63, 3.8) is 0 Å². The second kappa shape index (κ2) is 7.40. The fourth-order valence-electron chi connectivity index (χ4n) is 3.38. The van der Waals surface area contributed by atoms with E-state index in [1.54, 1.807) is 11.1 Å². The predicted octanol–water partition coefficient (Wildman–Crippen LogP) is 3.46. The third-order valence-electron chi connectivity index (χ3n) is 5.15. The second-order valence-corrected chi connectivity index (χ2v) is 7.04. The van der Waals surface area contributed by atoms with Crippen LogP contribution in [-0.2, 0) is 4.79 Å². The zero-order chi connectivity index (χ0) is 18.0. The molecule has 0 bridgehead atoms. The van der Waals surface area contributed by atoms with Gasteiger partial charge in [0, 0.05) is 12.5 Å². The normalized spacial score (nSPS) is 22.0. The number of aliphatic hydroxyl groups excluding tert-OH is 1. The number of likely N-dealkylation sites (tertiary alicyclic amines) is 1. The van der Waals surface area contributed by atoms with E-state index in [2.05, 4.69) is 29.0 Å². The van der Waals surface area contributed by atoms with E-state index in [4.69, 9.17) is 0 Å². The molecule has 1 aliphatic heterocycles. The van der Waals surface area contributed by atoms with Gasteiger partial charge in [0.05, 0.1) is 18.0 Å². The number of aromatic nitrogens is 2. The van der Waals surface area contributed by atoms with Gasteiger partial charge in [-0.2, -0.15) is 0 Å². The summed E-state index contributed by atoms with van der Waals surface area (Å²) >= 11 is 0. The zero-order valence-corrected chi connectivity index (χ0v) is 15.2. The highest BCUT2D eigenvalue weighted by atomic mass is 16.3. The van der Waals surface area contributed by atoms with Crippen molar-refractivity contribution in [2.75, 3.05) is 6.54 Å². The lowest BCUT2D eigenvalue weighted by Crippen LogP contribution is -2.47. The number of imidazole rings is 1. The smallest absolute Gasteiger partial charge is 0.226 e.